The molecular weight excluding hydrogens is 471 g/mol. The first-order chi connectivity index (χ1) is 18.1. The molecule has 0 unspecified atom stereocenters. The number of aromatic nitrogens is 2. The predicted octanol–water partition coefficient (Wildman–Crippen LogP) is 4.94. The third kappa shape index (κ3) is 5.92. The number of carbonyl (C=O) groups excluding carboxylic acids is 2. The van der Waals surface area contributed by atoms with E-state index in [1.54, 1.807) is 0 Å². The number of anilines is 1. The Morgan fingerprint density at radius 1 is 1.00 bits per heavy atom. The van der Waals surface area contributed by atoms with Crippen LogP contribution in [0.1, 0.15) is 23.2 Å². The van der Waals surface area contributed by atoms with Gasteiger partial charge in [0.25, 0.3) is 5.91 Å². The van der Waals surface area contributed by atoms with Gasteiger partial charge in [-0.3, -0.25) is 19.5 Å². The zero-order valence-electron chi connectivity index (χ0n) is 20.2. The Labute approximate surface area is 214 Å². The number of hydrogen-bond acceptors (Lipinski definition) is 4. The van der Waals surface area contributed by atoms with Crippen molar-refractivity contribution in [3.63, 3.8) is 0 Å². The molecule has 0 radical (unpaired) electrons. The SMILES string of the molecule is O=C(CN(C[C@H]1CCCO1)C(=O)c1ccc(F)cc1)Nc1nc(-c2ccccc2)cn1-c1ccccc1. The molecule has 2 heterocycles. The Morgan fingerprint density at radius 2 is 1.70 bits per heavy atom. The molecule has 37 heavy (non-hydrogen) atoms. The van der Waals surface area contributed by atoms with Crippen LogP contribution in [-0.2, 0) is 9.53 Å². The van der Waals surface area contributed by atoms with E-state index < -0.39 is 11.7 Å². The summed E-state index contributed by atoms with van der Waals surface area (Å²) in [5, 5.41) is 2.89. The minimum atomic E-state index is -0.429. The smallest absolute Gasteiger partial charge is 0.254 e. The van der Waals surface area contributed by atoms with Gasteiger partial charge in [0.05, 0.1) is 11.8 Å². The third-order valence-corrected chi connectivity index (χ3v) is 6.22. The maximum absolute atomic E-state index is 13.4. The molecule has 0 bridgehead atoms. The third-order valence-electron chi connectivity index (χ3n) is 6.22. The number of halogens is 1. The molecule has 1 N–H and O–H groups in total. The van der Waals surface area contributed by atoms with Gasteiger partial charge >= 0.3 is 0 Å². The van der Waals surface area contributed by atoms with E-state index in [4.69, 9.17) is 4.74 Å². The molecule has 1 fully saturated rings. The zero-order valence-corrected chi connectivity index (χ0v) is 20.2. The summed E-state index contributed by atoms with van der Waals surface area (Å²) in [7, 11) is 0. The van der Waals surface area contributed by atoms with Crippen molar-refractivity contribution < 1.29 is 18.7 Å². The minimum absolute atomic E-state index is 0.145. The second kappa shape index (κ2) is 11.2. The number of ether oxygens (including phenoxy) is 1. The fourth-order valence-electron chi connectivity index (χ4n) is 4.37. The van der Waals surface area contributed by atoms with Crippen LogP contribution in [0, 0.1) is 5.82 Å². The van der Waals surface area contributed by atoms with E-state index >= 15 is 0 Å². The molecule has 3 aromatic carbocycles. The summed E-state index contributed by atoms with van der Waals surface area (Å²) >= 11 is 0. The van der Waals surface area contributed by atoms with Gasteiger partial charge in [0, 0.05) is 36.2 Å². The molecule has 1 saturated heterocycles. The van der Waals surface area contributed by atoms with Crippen LogP contribution in [0.2, 0.25) is 0 Å². The van der Waals surface area contributed by atoms with E-state index in [0.717, 1.165) is 24.1 Å². The van der Waals surface area contributed by atoms with Gasteiger partial charge in [-0.2, -0.15) is 0 Å². The molecule has 1 aromatic heterocycles. The van der Waals surface area contributed by atoms with Crippen LogP contribution in [0.4, 0.5) is 10.3 Å². The van der Waals surface area contributed by atoms with Crippen molar-refractivity contribution in [1.29, 1.82) is 0 Å². The lowest BCUT2D eigenvalue weighted by Gasteiger charge is -2.25. The lowest BCUT2D eigenvalue weighted by Crippen LogP contribution is -2.42. The molecular formula is C29H27FN4O3. The van der Waals surface area contributed by atoms with Crippen molar-refractivity contribution in [1.82, 2.24) is 14.5 Å². The van der Waals surface area contributed by atoms with E-state index in [-0.39, 0.29) is 25.1 Å². The normalized spacial score (nSPS) is 14.9. The largest absolute Gasteiger partial charge is 0.376 e. The monoisotopic (exact) mass is 498 g/mol. The standard InChI is InChI=1S/C29H27FN4O3/c30-23-15-13-22(14-16-23)28(36)33(18-25-12-7-17-37-25)20-27(35)32-29-31-26(21-8-3-1-4-9-21)19-34(29)24-10-5-2-6-11-24/h1-6,8-11,13-16,19,25H,7,12,17-18,20H2,(H,31,32,35)/t25-/m1/s1. The molecule has 7 nitrogen and oxygen atoms in total. The van der Waals surface area contributed by atoms with Gasteiger partial charge in [0.1, 0.15) is 12.4 Å². The van der Waals surface area contributed by atoms with E-state index in [2.05, 4.69) is 10.3 Å². The highest BCUT2D eigenvalue weighted by Crippen LogP contribution is 2.24. The summed E-state index contributed by atoms with van der Waals surface area (Å²) in [5.74, 6) is -0.832. The van der Waals surface area contributed by atoms with Gasteiger partial charge < -0.3 is 9.64 Å². The second-order valence-electron chi connectivity index (χ2n) is 8.90. The number of rotatable bonds is 8. The zero-order chi connectivity index (χ0) is 25.6. The highest BCUT2D eigenvalue weighted by atomic mass is 19.1. The number of carbonyl (C=O) groups is 2. The summed E-state index contributed by atoms with van der Waals surface area (Å²) in [6.45, 7) is 0.705. The number of amides is 2. The molecule has 1 atom stereocenters. The van der Waals surface area contributed by atoms with Gasteiger partial charge in [-0.05, 0) is 49.2 Å². The number of nitrogens with zero attached hydrogens (tertiary/aromatic N) is 3. The van der Waals surface area contributed by atoms with Crippen LogP contribution >= 0.6 is 0 Å². The average Bonchev–Trinajstić information content (AvgIpc) is 3.59. The van der Waals surface area contributed by atoms with Crippen molar-refractivity contribution in [2.45, 2.75) is 18.9 Å². The molecule has 0 aliphatic carbocycles. The van der Waals surface area contributed by atoms with E-state index in [1.165, 1.54) is 29.2 Å². The summed E-state index contributed by atoms with van der Waals surface area (Å²) in [4.78, 5) is 32.6. The minimum Gasteiger partial charge on any atom is -0.376 e. The van der Waals surface area contributed by atoms with Gasteiger partial charge in [0.15, 0.2) is 0 Å². The average molecular weight is 499 g/mol. The number of imidazole rings is 1. The maximum Gasteiger partial charge on any atom is 0.254 e. The van der Waals surface area contributed by atoms with Crippen molar-refractivity contribution in [3.05, 3.63) is 103 Å². The molecule has 2 amide bonds. The Balaban J connectivity index is 1.39. The van der Waals surface area contributed by atoms with Gasteiger partial charge in [-0.15, -0.1) is 0 Å². The number of para-hydroxylation sites is 1. The Hall–Kier alpha value is -4.30. The predicted molar refractivity (Wildman–Crippen MR) is 139 cm³/mol. The first-order valence-corrected chi connectivity index (χ1v) is 12.2. The Bertz CT molecular complexity index is 1350. The van der Waals surface area contributed by atoms with Crippen LogP contribution in [0.15, 0.2) is 91.1 Å². The quantitative estimate of drug-likeness (QED) is 0.373. The van der Waals surface area contributed by atoms with Crippen LogP contribution in [0.25, 0.3) is 16.9 Å². The summed E-state index contributed by atoms with van der Waals surface area (Å²) in [6, 6.07) is 24.6. The number of hydrogen-bond donors (Lipinski definition) is 1. The molecule has 188 valence electrons. The van der Waals surface area contributed by atoms with E-state index in [1.807, 2.05) is 71.4 Å². The van der Waals surface area contributed by atoms with Crippen LogP contribution in [-0.4, -0.2) is 52.1 Å². The van der Waals surface area contributed by atoms with Crippen LogP contribution in [0.5, 0.6) is 0 Å². The maximum atomic E-state index is 13.4. The molecule has 5 rings (SSSR count). The fourth-order valence-corrected chi connectivity index (χ4v) is 4.37. The van der Waals surface area contributed by atoms with E-state index in [0.29, 0.717) is 23.8 Å². The number of benzene rings is 3. The lowest BCUT2D eigenvalue weighted by molar-refractivity contribution is -0.117. The molecule has 1 aliphatic heterocycles. The van der Waals surface area contributed by atoms with Crippen molar-refractivity contribution in [2.24, 2.45) is 0 Å². The molecule has 0 spiro atoms. The Morgan fingerprint density at radius 3 is 2.38 bits per heavy atom. The van der Waals surface area contributed by atoms with Gasteiger partial charge in [-0.25, -0.2) is 9.37 Å². The summed E-state index contributed by atoms with van der Waals surface area (Å²) < 4.78 is 20.9. The highest BCUT2D eigenvalue weighted by Gasteiger charge is 2.26. The fraction of sp³-hybridized carbons (Fsp3) is 0.207. The number of nitrogens with one attached hydrogen (secondary N) is 1. The lowest BCUT2D eigenvalue weighted by atomic mass is 10.1. The van der Waals surface area contributed by atoms with Gasteiger partial charge in [-0.1, -0.05) is 48.5 Å². The van der Waals surface area contributed by atoms with E-state index in [9.17, 15) is 14.0 Å². The first-order valence-electron chi connectivity index (χ1n) is 12.2. The highest BCUT2D eigenvalue weighted by molar-refractivity contribution is 5.99. The van der Waals surface area contributed by atoms with Crippen molar-refractivity contribution in [2.75, 3.05) is 25.0 Å². The van der Waals surface area contributed by atoms with Crippen molar-refractivity contribution in [3.8, 4) is 16.9 Å². The van der Waals surface area contributed by atoms with Crippen molar-refractivity contribution >= 4 is 17.8 Å². The summed E-state index contributed by atoms with van der Waals surface area (Å²) in [6.07, 6.45) is 3.45. The van der Waals surface area contributed by atoms with Gasteiger partial charge in [0.2, 0.25) is 11.9 Å². The van der Waals surface area contributed by atoms with Crippen LogP contribution in [0.3, 0.4) is 0 Å². The topological polar surface area (TPSA) is 76.5 Å². The second-order valence-corrected chi connectivity index (χ2v) is 8.90. The molecule has 1 aliphatic rings. The first kappa shape index (κ1) is 24.4. The van der Waals surface area contributed by atoms with Crippen LogP contribution < -0.4 is 5.32 Å². The summed E-state index contributed by atoms with van der Waals surface area (Å²) in [5.41, 5.74) is 2.77. The molecule has 0 saturated carbocycles. The molecule has 8 heteroatoms. The molecule has 4 aromatic rings. The Kier molecular flexibility index (Phi) is 7.37.